The van der Waals surface area contributed by atoms with Crippen LogP contribution in [0.3, 0.4) is 0 Å². The number of carbonyl (C=O) groups excluding carboxylic acids is 3. The molecule has 0 bridgehead atoms. The van der Waals surface area contributed by atoms with Crippen LogP contribution >= 0.6 is 0 Å². The van der Waals surface area contributed by atoms with Gasteiger partial charge in [0.05, 0.1) is 36.8 Å². The number of hydrogen-bond acceptors (Lipinski definition) is 5. The standard InChI is InChI=1S/C19H19N5O4/c1-23-15-7-3-2-6-13(15)21-16(23)10-20-17(25)9-14-18(26)24(19(27)22-14)11-12-5-4-8-28-12/h2-8,14H,9-11H2,1H3,(H,20,25)(H,22,27). The molecule has 9 nitrogen and oxygen atoms in total. The fourth-order valence-electron chi connectivity index (χ4n) is 3.21. The number of imide groups is 1. The van der Waals surface area contributed by atoms with E-state index in [0.29, 0.717) is 11.6 Å². The summed E-state index contributed by atoms with van der Waals surface area (Å²) in [6, 6.07) is 9.62. The molecule has 1 fully saturated rings. The first-order valence-electron chi connectivity index (χ1n) is 8.84. The van der Waals surface area contributed by atoms with Crippen molar-refractivity contribution >= 4 is 28.9 Å². The van der Waals surface area contributed by atoms with Crippen molar-refractivity contribution in [1.82, 2.24) is 25.1 Å². The van der Waals surface area contributed by atoms with Crippen LogP contribution in [-0.4, -0.2) is 38.3 Å². The van der Waals surface area contributed by atoms with Crippen molar-refractivity contribution < 1.29 is 18.8 Å². The van der Waals surface area contributed by atoms with Gasteiger partial charge in [0.15, 0.2) is 0 Å². The molecular weight excluding hydrogens is 362 g/mol. The van der Waals surface area contributed by atoms with Crippen LogP contribution in [0.25, 0.3) is 11.0 Å². The van der Waals surface area contributed by atoms with Crippen molar-refractivity contribution in [3.05, 3.63) is 54.2 Å². The topological polar surface area (TPSA) is 109 Å². The van der Waals surface area contributed by atoms with Crippen LogP contribution < -0.4 is 10.6 Å². The van der Waals surface area contributed by atoms with E-state index in [1.54, 1.807) is 12.1 Å². The number of para-hydroxylation sites is 2. The number of fused-ring (bicyclic) bond motifs is 1. The zero-order valence-electron chi connectivity index (χ0n) is 15.2. The number of rotatable bonds is 6. The number of nitrogens with zero attached hydrogens (tertiary/aromatic N) is 3. The molecule has 1 aromatic carbocycles. The molecule has 4 rings (SSSR count). The van der Waals surface area contributed by atoms with Gasteiger partial charge in [-0.15, -0.1) is 0 Å². The van der Waals surface area contributed by atoms with Gasteiger partial charge in [-0.3, -0.25) is 14.5 Å². The highest BCUT2D eigenvalue weighted by molar-refractivity contribution is 6.05. The summed E-state index contributed by atoms with van der Waals surface area (Å²) in [7, 11) is 1.88. The van der Waals surface area contributed by atoms with Gasteiger partial charge >= 0.3 is 6.03 Å². The molecular formula is C19H19N5O4. The largest absolute Gasteiger partial charge is 0.467 e. The molecule has 1 atom stereocenters. The van der Waals surface area contributed by atoms with Gasteiger partial charge in [0.25, 0.3) is 5.91 Å². The number of aryl methyl sites for hydroxylation is 1. The number of benzene rings is 1. The predicted octanol–water partition coefficient (Wildman–Crippen LogP) is 1.29. The molecule has 9 heteroatoms. The fourth-order valence-corrected chi connectivity index (χ4v) is 3.21. The smallest absolute Gasteiger partial charge is 0.325 e. The first-order valence-corrected chi connectivity index (χ1v) is 8.84. The highest BCUT2D eigenvalue weighted by Gasteiger charge is 2.39. The Morgan fingerprint density at radius 2 is 2.07 bits per heavy atom. The lowest BCUT2D eigenvalue weighted by Gasteiger charge is -2.11. The molecule has 4 amide bonds. The second-order valence-corrected chi connectivity index (χ2v) is 6.56. The second kappa shape index (κ2) is 7.18. The van der Waals surface area contributed by atoms with Gasteiger partial charge in [-0.25, -0.2) is 9.78 Å². The summed E-state index contributed by atoms with van der Waals surface area (Å²) in [6.07, 6.45) is 1.34. The minimum absolute atomic E-state index is 0.0373. The zero-order valence-corrected chi connectivity index (χ0v) is 15.2. The summed E-state index contributed by atoms with van der Waals surface area (Å²) >= 11 is 0. The summed E-state index contributed by atoms with van der Waals surface area (Å²) < 4.78 is 7.08. The van der Waals surface area contributed by atoms with E-state index in [4.69, 9.17) is 4.42 Å². The Morgan fingerprint density at radius 1 is 1.25 bits per heavy atom. The van der Waals surface area contributed by atoms with Gasteiger partial charge in [0.2, 0.25) is 5.91 Å². The lowest BCUT2D eigenvalue weighted by Crippen LogP contribution is -2.36. The van der Waals surface area contributed by atoms with E-state index in [1.807, 2.05) is 35.9 Å². The number of aromatic nitrogens is 2. The van der Waals surface area contributed by atoms with Crippen LogP contribution in [0.1, 0.15) is 18.0 Å². The maximum Gasteiger partial charge on any atom is 0.325 e. The summed E-state index contributed by atoms with van der Waals surface area (Å²) in [5.74, 6) is 0.413. The molecule has 0 radical (unpaired) electrons. The highest BCUT2D eigenvalue weighted by Crippen LogP contribution is 2.16. The molecule has 3 heterocycles. The molecule has 0 saturated carbocycles. The normalized spacial score (nSPS) is 16.6. The quantitative estimate of drug-likeness (QED) is 0.626. The molecule has 3 aromatic rings. The molecule has 2 N–H and O–H groups in total. The Labute approximate surface area is 160 Å². The van der Waals surface area contributed by atoms with Gasteiger partial charge in [-0.05, 0) is 24.3 Å². The molecule has 28 heavy (non-hydrogen) atoms. The molecule has 2 aromatic heterocycles. The molecule has 1 unspecified atom stereocenters. The van der Waals surface area contributed by atoms with Gasteiger partial charge in [-0.2, -0.15) is 0 Å². The maximum absolute atomic E-state index is 12.4. The summed E-state index contributed by atoms with van der Waals surface area (Å²) in [4.78, 5) is 42.3. The highest BCUT2D eigenvalue weighted by atomic mass is 16.3. The number of furan rings is 1. The van der Waals surface area contributed by atoms with Crippen LogP contribution in [0.5, 0.6) is 0 Å². The first-order chi connectivity index (χ1) is 13.5. The van der Waals surface area contributed by atoms with Gasteiger partial charge in [-0.1, -0.05) is 12.1 Å². The average Bonchev–Trinajstić information content (AvgIpc) is 3.37. The summed E-state index contributed by atoms with van der Waals surface area (Å²) in [5, 5.41) is 5.30. The van der Waals surface area contributed by atoms with Gasteiger partial charge in [0, 0.05) is 7.05 Å². The van der Waals surface area contributed by atoms with Crippen molar-refractivity contribution in [2.45, 2.75) is 25.6 Å². The van der Waals surface area contributed by atoms with Gasteiger partial charge in [0.1, 0.15) is 17.6 Å². The molecule has 144 valence electrons. The van der Waals surface area contributed by atoms with Crippen LogP contribution in [0.15, 0.2) is 47.1 Å². The minimum Gasteiger partial charge on any atom is -0.467 e. The van der Waals surface area contributed by atoms with E-state index in [1.165, 1.54) is 6.26 Å². The number of hydrogen-bond donors (Lipinski definition) is 2. The second-order valence-electron chi connectivity index (χ2n) is 6.56. The van der Waals surface area contributed by atoms with E-state index in [-0.39, 0.29) is 25.4 Å². The third kappa shape index (κ3) is 3.34. The molecule has 1 aliphatic heterocycles. The van der Waals surface area contributed by atoms with Crippen molar-refractivity contribution in [2.24, 2.45) is 7.05 Å². The van der Waals surface area contributed by atoms with E-state index >= 15 is 0 Å². The number of imidazole rings is 1. The Balaban J connectivity index is 1.35. The van der Waals surface area contributed by atoms with E-state index < -0.39 is 18.0 Å². The average molecular weight is 381 g/mol. The van der Waals surface area contributed by atoms with Crippen LogP contribution in [0, 0.1) is 0 Å². The summed E-state index contributed by atoms with van der Waals surface area (Å²) in [5.41, 5.74) is 1.82. The van der Waals surface area contributed by atoms with E-state index in [9.17, 15) is 14.4 Å². The third-order valence-corrected chi connectivity index (χ3v) is 4.71. The monoisotopic (exact) mass is 381 g/mol. The zero-order chi connectivity index (χ0) is 19.7. The fraction of sp³-hybridized carbons (Fsp3) is 0.263. The number of urea groups is 1. The number of carbonyl (C=O) groups is 3. The van der Waals surface area contributed by atoms with E-state index in [0.717, 1.165) is 15.9 Å². The Morgan fingerprint density at radius 3 is 2.82 bits per heavy atom. The predicted molar refractivity (Wildman–Crippen MR) is 98.8 cm³/mol. The van der Waals surface area contributed by atoms with Gasteiger partial charge < -0.3 is 19.6 Å². The molecule has 1 aliphatic rings. The Hall–Kier alpha value is -3.62. The number of nitrogens with one attached hydrogen (secondary N) is 2. The van der Waals surface area contributed by atoms with E-state index in [2.05, 4.69) is 15.6 Å². The number of amides is 4. The van der Waals surface area contributed by atoms with Crippen molar-refractivity contribution in [1.29, 1.82) is 0 Å². The van der Waals surface area contributed by atoms with Crippen LogP contribution in [-0.2, 0) is 29.7 Å². The molecule has 0 aliphatic carbocycles. The minimum atomic E-state index is -0.886. The van der Waals surface area contributed by atoms with Crippen LogP contribution in [0.4, 0.5) is 4.79 Å². The van der Waals surface area contributed by atoms with Crippen molar-refractivity contribution in [3.8, 4) is 0 Å². The van der Waals surface area contributed by atoms with Crippen LogP contribution in [0.2, 0.25) is 0 Å². The lowest BCUT2D eigenvalue weighted by molar-refractivity contribution is -0.131. The summed E-state index contributed by atoms with van der Waals surface area (Å²) in [6.45, 7) is 0.268. The third-order valence-electron chi connectivity index (χ3n) is 4.71. The first kappa shape index (κ1) is 17.8. The van der Waals surface area contributed by atoms with Crippen molar-refractivity contribution in [3.63, 3.8) is 0 Å². The Bertz CT molecular complexity index is 1040. The Kier molecular flexibility index (Phi) is 4.56. The lowest BCUT2D eigenvalue weighted by atomic mass is 10.2. The molecule has 0 spiro atoms. The SMILES string of the molecule is Cn1c(CNC(=O)CC2NC(=O)N(Cc3ccco3)C2=O)nc2ccccc21. The maximum atomic E-state index is 12.4. The molecule has 1 saturated heterocycles. The van der Waals surface area contributed by atoms with Crippen molar-refractivity contribution in [2.75, 3.05) is 0 Å².